The SMILES string of the molecule is CN1CCCc2c1c1ccc(CN3CCOCC3)cc1[nH]c2=O.Cl.Cl. The summed E-state index contributed by atoms with van der Waals surface area (Å²) in [4.78, 5) is 20.1. The van der Waals surface area contributed by atoms with E-state index in [4.69, 9.17) is 4.74 Å². The van der Waals surface area contributed by atoms with Gasteiger partial charge in [-0.25, -0.2) is 0 Å². The molecular weight excluding hydrogens is 361 g/mol. The van der Waals surface area contributed by atoms with E-state index >= 15 is 0 Å². The van der Waals surface area contributed by atoms with Crippen molar-refractivity contribution in [1.82, 2.24) is 9.88 Å². The van der Waals surface area contributed by atoms with Gasteiger partial charge in [-0.05, 0) is 24.5 Å². The smallest absolute Gasteiger partial charge is 0.253 e. The molecule has 138 valence electrons. The highest BCUT2D eigenvalue weighted by atomic mass is 35.5. The van der Waals surface area contributed by atoms with E-state index in [0.29, 0.717) is 0 Å². The van der Waals surface area contributed by atoms with Gasteiger partial charge in [0.05, 0.1) is 24.4 Å². The van der Waals surface area contributed by atoms with Crippen LogP contribution in [0.2, 0.25) is 0 Å². The molecule has 0 saturated carbocycles. The molecule has 1 fully saturated rings. The molecule has 0 unspecified atom stereocenters. The van der Waals surface area contributed by atoms with Crippen LogP contribution in [0.5, 0.6) is 0 Å². The van der Waals surface area contributed by atoms with Crippen molar-refractivity contribution in [1.29, 1.82) is 0 Å². The molecule has 7 heteroatoms. The zero-order chi connectivity index (χ0) is 15.8. The number of nitrogens with one attached hydrogen (secondary N) is 1. The summed E-state index contributed by atoms with van der Waals surface area (Å²) in [5.74, 6) is 0. The quantitative estimate of drug-likeness (QED) is 0.862. The summed E-state index contributed by atoms with van der Waals surface area (Å²) in [7, 11) is 2.08. The van der Waals surface area contributed by atoms with Crippen molar-refractivity contribution >= 4 is 41.4 Å². The molecule has 0 spiro atoms. The van der Waals surface area contributed by atoms with Crippen LogP contribution >= 0.6 is 24.8 Å². The van der Waals surface area contributed by atoms with Crippen LogP contribution in [0, 0.1) is 0 Å². The topological polar surface area (TPSA) is 48.6 Å². The van der Waals surface area contributed by atoms with E-state index in [1.807, 2.05) is 0 Å². The number of pyridine rings is 1. The summed E-state index contributed by atoms with van der Waals surface area (Å²) in [6.07, 6.45) is 1.92. The van der Waals surface area contributed by atoms with Crippen molar-refractivity contribution in [3.63, 3.8) is 0 Å². The Morgan fingerprint density at radius 2 is 1.92 bits per heavy atom. The lowest BCUT2D eigenvalue weighted by molar-refractivity contribution is 0.0342. The van der Waals surface area contributed by atoms with Gasteiger partial charge in [0.2, 0.25) is 0 Å². The summed E-state index contributed by atoms with van der Waals surface area (Å²) in [5.41, 5.74) is 4.32. The maximum Gasteiger partial charge on any atom is 0.253 e. The standard InChI is InChI=1S/C18H23N3O2.2ClH/c1-20-6-2-3-15-17(20)14-5-4-13(11-16(14)19-18(15)22)12-21-7-9-23-10-8-21;;/h4-5,11H,2-3,6-10,12H2,1H3,(H,19,22);2*1H. The lowest BCUT2D eigenvalue weighted by Crippen LogP contribution is -2.35. The number of H-pyrrole nitrogens is 1. The third-order valence-corrected chi connectivity index (χ3v) is 4.96. The van der Waals surface area contributed by atoms with Crippen LogP contribution in [0.25, 0.3) is 10.9 Å². The molecule has 0 atom stereocenters. The van der Waals surface area contributed by atoms with Crippen LogP contribution < -0.4 is 10.5 Å². The number of nitrogens with zero attached hydrogens (tertiary/aromatic N) is 2. The Kier molecular flexibility index (Phi) is 6.74. The van der Waals surface area contributed by atoms with Crippen molar-refractivity contribution in [3.8, 4) is 0 Å². The lowest BCUT2D eigenvalue weighted by atomic mass is 9.99. The van der Waals surface area contributed by atoms with E-state index in [9.17, 15) is 4.79 Å². The number of hydrogen-bond acceptors (Lipinski definition) is 4. The van der Waals surface area contributed by atoms with Gasteiger partial charge in [-0.3, -0.25) is 9.69 Å². The second kappa shape index (κ2) is 8.41. The Bertz CT molecular complexity index is 788. The van der Waals surface area contributed by atoms with Gasteiger partial charge >= 0.3 is 0 Å². The first-order chi connectivity index (χ1) is 11.2. The molecule has 0 bridgehead atoms. The number of halogens is 2. The first-order valence-corrected chi connectivity index (χ1v) is 8.41. The summed E-state index contributed by atoms with van der Waals surface area (Å²) in [6.45, 7) is 5.49. The Balaban J connectivity index is 0.00000113. The molecule has 0 aliphatic carbocycles. The number of benzene rings is 1. The van der Waals surface area contributed by atoms with Crippen molar-refractivity contribution < 1.29 is 4.74 Å². The normalized spacial score (nSPS) is 17.6. The van der Waals surface area contributed by atoms with E-state index < -0.39 is 0 Å². The molecule has 2 aromatic rings. The monoisotopic (exact) mass is 385 g/mol. The minimum Gasteiger partial charge on any atom is -0.379 e. The first kappa shape index (κ1) is 20.0. The number of fused-ring (bicyclic) bond motifs is 3. The predicted octanol–water partition coefficient (Wildman–Crippen LogP) is 2.59. The second-order valence-corrected chi connectivity index (χ2v) is 6.57. The van der Waals surface area contributed by atoms with Gasteiger partial charge in [-0.1, -0.05) is 12.1 Å². The van der Waals surface area contributed by atoms with Crippen molar-refractivity contribution in [2.24, 2.45) is 0 Å². The third kappa shape index (κ3) is 3.95. The number of hydrogen-bond donors (Lipinski definition) is 1. The maximum atomic E-state index is 12.4. The van der Waals surface area contributed by atoms with Crippen LogP contribution in [0.15, 0.2) is 23.0 Å². The number of ether oxygens (including phenoxy) is 1. The van der Waals surface area contributed by atoms with Gasteiger partial charge in [0.1, 0.15) is 0 Å². The van der Waals surface area contributed by atoms with Gasteiger partial charge in [-0.2, -0.15) is 0 Å². The molecule has 1 N–H and O–H groups in total. The predicted molar refractivity (Wildman–Crippen MR) is 107 cm³/mol. The molecule has 3 heterocycles. The molecule has 1 saturated heterocycles. The highest BCUT2D eigenvalue weighted by Gasteiger charge is 2.20. The number of anilines is 1. The summed E-state index contributed by atoms with van der Waals surface area (Å²) < 4.78 is 5.40. The van der Waals surface area contributed by atoms with Gasteiger partial charge in [0.25, 0.3) is 5.56 Å². The van der Waals surface area contributed by atoms with Gasteiger partial charge in [0, 0.05) is 44.2 Å². The van der Waals surface area contributed by atoms with Gasteiger partial charge in [0.15, 0.2) is 0 Å². The van der Waals surface area contributed by atoms with Crippen LogP contribution in [0.1, 0.15) is 17.5 Å². The average molecular weight is 386 g/mol. The molecule has 0 amide bonds. The largest absolute Gasteiger partial charge is 0.379 e. The highest BCUT2D eigenvalue weighted by molar-refractivity contribution is 5.93. The number of aromatic nitrogens is 1. The summed E-state index contributed by atoms with van der Waals surface area (Å²) >= 11 is 0. The van der Waals surface area contributed by atoms with E-state index in [-0.39, 0.29) is 30.4 Å². The van der Waals surface area contributed by atoms with E-state index in [1.54, 1.807) is 0 Å². The second-order valence-electron chi connectivity index (χ2n) is 6.57. The van der Waals surface area contributed by atoms with E-state index in [2.05, 4.69) is 40.0 Å². The average Bonchev–Trinajstić information content (AvgIpc) is 2.56. The van der Waals surface area contributed by atoms with Crippen molar-refractivity contribution in [2.75, 3.05) is 44.8 Å². The Morgan fingerprint density at radius 1 is 1.16 bits per heavy atom. The zero-order valence-electron chi connectivity index (χ0n) is 14.4. The fraction of sp³-hybridized carbons (Fsp3) is 0.500. The van der Waals surface area contributed by atoms with E-state index in [1.165, 1.54) is 5.56 Å². The third-order valence-electron chi connectivity index (χ3n) is 4.96. The zero-order valence-corrected chi connectivity index (χ0v) is 16.0. The number of morpholine rings is 1. The fourth-order valence-corrected chi connectivity index (χ4v) is 3.76. The molecule has 1 aromatic heterocycles. The maximum absolute atomic E-state index is 12.4. The van der Waals surface area contributed by atoms with Crippen LogP contribution in [0.4, 0.5) is 5.69 Å². The molecular formula is C18H25Cl2N3O2. The molecule has 25 heavy (non-hydrogen) atoms. The molecule has 1 aromatic carbocycles. The summed E-state index contributed by atoms with van der Waals surface area (Å²) in [6, 6.07) is 6.50. The highest BCUT2D eigenvalue weighted by Crippen LogP contribution is 2.31. The van der Waals surface area contributed by atoms with E-state index in [0.717, 1.165) is 74.4 Å². The van der Waals surface area contributed by atoms with Crippen LogP contribution in [-0.2, 0) is 17.7 Å². The first-order valence-electron chi connectivity index (χ1n) is 8.41. The van der Waals surface area contributed by atoms with Crippen molar-refractivity contribution in [2.45, 2.75) is 19.4 Å². The molecule has 2 aliphatic heterocycles. The fourth-order valence-electron chi connectivity index (χ4n) is 3.76. The van der Waals surface area contributed by atoms with Gasteiger partial charge in [-0.15, -0.1) is 24.8 Å². The Morgan fingerprint density at radius 3 is 2.68 bits per heavy atom. The van der Waals surface area contributed by atoms with Crippen molar-refractivity contribution in [3.05, 3.63) is 39.7 Å². The van der Waals surface area contributed by atoms with Crippen LogP contribution in [0.3, 0.4) is 0 Å². The lowest BCUT2D eigenvalue weighted by Gasteiger charge is -2.29. The summed E-state index contributed by atoms with van der Waals surface area (Å²) in [5, 5.41) is 1.16. The molecule has 2 aliphatic rings. The van der Waals surface area contributed by atoms with Gasteiger partial charge < -0.3 is 14.6 Å². The van der Waals surface area contributed by atoms with Crippen LogP contribution in [-0.4, -0.2) is 49.8 Å². The molecule has 0 radical (unpaired) electrons. The molecule has 5 nitrogen and oxygen atoms in total. The molecule has 4 rings (SSSR count). The minimum absolute atomic E-state index is 0. The minimum atomic E-state index is 0. The number of aromatic amines is 1. The Hall–Kier alpha value is -1.27. The number of rotatable bonds is 2. The Labute approximate surface area is 160 Å².